The quantitative estimate of drug-likeness (QED) is 0.515. The smallest absolute Gasteiger partial charge is 0.0639 e. The van der Waals surface area contributed by atoms with Crippen molar-refractivity contribution in [1.82, 2.24) is 5.32 Å². The molecule has 0 aromatic rings. The lowest BCUT2D eigenvalue weighted by atomic mass is 9.51. The molecular formula is C27H43NO3. The van der Waals surface area contributed by atoms with Gasteiger partial charge in [-0.1, -0.05) is 44.1 Å². The van der Waals surface area contributed by atoms with Gasteiger partial charge >= 0.3 is 0 Å². The van der Waals surface area contributed by atoms with Gasteiger partial charge in [0.2, 0.25) is 0 Å². The summed E-state index contributed by atoms with van der Waals surface area (Å²) in [5, 5.41) is 34.9. The maximum absolute atomic E-state index is 11.4. The van der Waals surface area contributed by atoms with Crippen LogP contribution < -0.4 is 5.32 Å². The van der Waals surface area contributed by atoms with E-state index in [1.54, 1.807) is 0 Å². The van der Waals surface area contributed by atoms with Crippen molar-refractivity contribution in [3.63, 3.8) is 0 Å². The normalized spacial score (nSPS) is 50.6. The number of rotatable bonds is 3. The van der Waals surface area contributed by atoms with E-state index in [1.165, 1.54) is 11.1 Å². The van der Waals surface area contributed by atoms with Gasteiger partial charge in [0, 0.05) is 24.6 Å². The van der Waals surface area contributed by atoms with Crippen molar-refractivity contribution in [2.75, 3.05) is 13.2 Å². The van der Waals surface area contributed by atoms with Crippen LogP contribution in [0.1, 0.15) is 72.1 Å². The topological polar surface area (TPSA) is 72.7 Å². The molecule has 4 aliphatic carbocycles. The predicted octanol–water partition coefficient (Wildman–Crippen LogP) is 3.81. The van der Waals surface area contributed by atoms with Gasteiger partial charge in [-0.2, -0.15) is 0 Å². The van der Waals surface area contributed by atoms with E-state index < -0.39 is 0 Å². The fourth-order valence-corrected chi connectivity index (χ4v) is 8.49. The molecule has 4 N–H and O–H groups in total. The highest BCUT2D eigenvalue weighted by Gasteiger charge is 2.58. The second-order valence-electron chi connectivity index (χ2n) is 12.0. The maximum Gasteiger partial charge on any atom is 0.0639 e. The number of aliphatic hydroxyl groups excluding tert-OH is 3. The van der Waals surface area contributed by atoms with Crippen LogP contribution in [-0.2, 0) is 0 Å². The zero-order chi connectivity index (χ0) is 22.0. The van der Waals surface area contributed by atoms with E-state index in [2.05, 4.69) is 38.2 Å². The van der Waals surface area contributed by atoms with E-state index >= 15 is 0 Å². The van der Waals surface area contributed by atoms with Crippen LogP contribution in [0.4, 0.5) is 0 Å². The van der Waals surface area contributed by atoms with Crippen molar-refractivity contribution in [3.8, 4) is 0 Å². The van der Waals surface area contributed by atoms with Crippen LogP contribution in [0.3, 0.4) is 0 Å². The number of piperidine rings is 1. The number of hydrogen-bond donors (Lipinski definition) is 4. The van der Waals surface area contributed by atoms with Gasteiger partial charge in [0.15, 0.2) is 0 Å². The molecule has 5 rings (SSSR count). The summed E-state index contributed by atoms with van der Waals surface area (Å²) in [6.45, 7) is 8.30. The van der Waals surface area contributed by atoms with Crippen molar-refractivity contribution >= 4 is 0 Å². The molecular weight excluding hydrogens is 386 g/mol. The highest BCUT2D eigenvalue weighted by molar-refractivity contribution is 5.34. The second-order valence-corrected chi connectivity index (χ2v) is 12.0. The Morgan fingerprint density at radius 1 is 1.13 bits per heavy atom. The van der Waals surface area contributed by atoms with Crippen molar-refractivity contribution in [2.45, 2.75) is 90.4 Å². The Hall–Kier alpha value is -0.680. The average molecular weight is 430 g/mol. The fourth-order valence-electron chi connectivity index (χ4n) is 8.49. The van der Waals surface area contributed by atoms with Gasteiger partial charge in [-0.25, -0.2) is 0 Å². The van der Waals surface area contributed by atoms with E-state index in [9.17, 15) is 15.3 Å². The molecule has 0 amide bonds. The molecule has 0 spiro atoms. The number of allylic oxidation sites excluding steroid dienone is 2. The lowest BCUT2D eigenvalue weighted by molar-refractivity contribution is 0.0232. The standard InChI is InChI=1S/C27H43NO3/c1-16(24-9-4-17(15-29)14-28-24)27(3)23-8-7-22-20(21(23)13-25(27)31)6-5-18-12-19(30)10-11-26(18,22)2/h5,8,16-17,19-22,24-25,28-31H,4,6-7,9-15H2,1-3H3/t16-,17+,19+,20+,21+,22+,24+,25+,26+,27+/m1/s1. The first-order chi connectivity index (χ1) is 14.8. The van der Waals surface area contributed by atoms with E-state index in [1.807, 2.05) is 0 Å². The highest BCUT2D eigenvalue weighted by Crippen LogP contribution is 2.64. The lowest BCUT2D eigenvalue weighted by Crippen LogP contribution is -2.51. The number of nitrogens with one attached hydrogen (secondary N) is 1. The summed E-state index contributed by atoms with van der Waals surface area (Å²) >= 11 is 0. The summed E-state index contributed by atoms with van der Waals surface area (Å²) in [5.74, 6) is 2.54. The molecule has 0 unspecified atom stereocenters. The Morgan fingerprint density at radius 2 is 1.94 bits per heavy atom. The molecule has 3 fully saturated rings. The van der Waals surface area contributed by atoms with E-state index in [0.29, 0.717) is 35.6 Å². The van der Waals surface area contributed by atoms with Crippen LogP contribution in [0.15, 0.2) is 23.3 Å². The molecule has 0 radical (unpaired) electrons. The van der Waals surface area contributed by atoms with Crippen LogP contribution in [0, 0.1) is 40.4 Å². The van der Waals surface area contributed by atoms with Crippen molar-refractivity contribution < 1.29 is 15.3 Å². The van der Waals surface area contributed by atoms with Crippen LogP contribution in [0.5, 0.6) is 0 Å². The maximum atomic E-state index is 11.4. The molecule has 1 heterocycles. The molecule has 174 valence electrons. The van der Waals surface area contributed by atoms with E-state index in [-0.39, 0.29) is 29.6 Å². The van der Waals surface area contributed by atoms with Crippen molar-refractivity contribution in [1.29, 1.82) is 0 Å². The second kappa shape index (κ2) is 7.97. The summed E-state index contributed by atoms with van der Waals surface area (Å²) in [4.78, 5) is 0. The van der Waals surface area contributed by atoms with E-state index in [0.717, 1.165) is 57.9 Å². The van der Waals surface area contributed by atoms with Crippen LogP contribution >= 0.6 is 0 Å². The number of fused-ring (bicyclic) bond motifs is 5. The van der Waals surface area contributed by atoms with Gasteiger partial charge in [0.05, 0.1) is 12.2 Å². The Morgan fingerprint density at radius 3 is 2.65 bits per heavy atom. The zero-order valence-electron chi connectivity index (χ0n) is 19.7. The Bertz CT molecular complexity index is 754. The third kappa shape index (κ3) is 3.31. The van der Waals surface area contributed by atoms with Crippen LogP contribution in [-0.4, -0.2) is 46.7 Å². The lowest BCUT2D eigenvalue weighted by Gasteiger charge is -2.54. The average Bonchev–Trinajstić information content (AvgIpc) is 3.05. The first kappa shape index (κ1) is 22.1. The molecule has 0 aromatic heterocycles. The van der Waals surface area contributed by atoms with Gasteiger partial charge in [0.1, 0.15) is 0 Å². The SMILES string of the molecule is C[C@H]([C@@H]1CC[C@H](CO)CN1)[C@@]1(C)C2=CC[C@H]3[C@@H](CC=C4C[C@@H](O)CC[C@@]43C)[C@@H]2C[C@@H]1O. The molecule has 31 heavy (non-hydrogen) atoms. The minimum absolute atomic E-state index is 0.156. The summed E-state index contributed by atoms with van der Waals surface area (Å²) in [6.07, 6.45) is 12.8. The molecule has 1 saturated heterocycles. The zero-order valence-corrected chi connectivity index (χ0v) is 19.7. The summed E-state index contributed by atoms with van der Waals surface area (Å²) in [7, 11) is 0. The minimum Gasteiger partial charge on any atom is -0.396 e. The summed E-state index contributed by atoms with van der Waals surface area (Å²) in [6, 6.07) is 0.412. The van der Waals surface area contributed by atoms with Gasteiger partial charge in [-0.05, 0) is 86.4 Å². The highest BCUT2D eigenvalue weighted by atomic mass is 16.3. The molecule has 0 bridgehead atoms. The van der Waals surface area contributed by atoms with Gasteiger partial charge in [-0.3, -0.25) is 0 Å². The molecule has 4 nitrogen and oxygen atoms in total. The van der Waals surface area contributed by atoms with Gasteiger partial charge in [-0.15, -0.1) is 0 Å². The minimum atomic E-state index is -0.277. The van der Waals surface area contributed by atoms with E-state index in [4.69, 9.17) is 0 Å². The summed E-state index contributed by atoms with van der Waals surface area (Å²) in [5.41, 5.74) is 3.11. The Labute approximate surface area is 188 Å². The first-order valence-corrected chi connectivity index (χ1v) is 12.9. The monoisotopic (exact) mass is 429 g/mol. The van der Waals surface area contributed by atoms with Crippen LogP contribution in [0.2, 0.25) is 0 Å². The van der Waals surface area contributed by atoms with Crippen LogP contribution in [0.25, 0.3) is 0 Å². The van der Waals surface area contributed by atoms with Crippen molar-refractivity contribution in [3.05, 3.63) is 23.3 Å². The third-order valence-corrected chi connectivity index (χ3v) is 10.8. The third-order valence-electron chi connectivity index (χ3n) is 10.8. The molecule has 2 saturated carbocycles. The van der Waals surface area contributed by atoms with Crippen molar-refractivity contribution in [2.24, 2.45) is 40.4 Å². The molecule has 1 aliphatic heterocycles. The Balaban J connectivity index is 1.40. The fraction of sp³-hybridized carbons (Fsp3) is 0.852. The number of hydrogen-bond acceptors (Lipinski definition) is 4. The molecule has 5 aliphatic rings. The molecule has 0 aromatic carbocycles. The molecule has 10 atom stereocenters. The first-order valence-electron chi connectivity index (χ1n) is 12.9. The number of aliphatic hydroxyl groups is 3. The summed E-state index contributed by atoms with van der Waals surface area (Å²) < 4.78 is 0. The molecule has 4 heteroatoms. The largest absolute Gasteiger partial charge is 0.396 e. The van der Waals surface area contributed by atoms with Gasteiger partial charge in [0.25, 0.3) is 0 Å². The Kier molecular flexibility index (Phi) is 5.69. The predicted molar refractivity (Wildman–Crippen MR) is 123 cm³/mol. The van der Waals surface area contributed by atoms with Gasteiger partial charge < -0.3 is 20.6 Å².